The van der Waals surface area contributed by atoms with Crippen LogP contribution >= 0.6 is 11.3 Å². The van der Waals surface area contributed by atoms with E-state index in [0.717, 1.165) is 17.8 Å². The van der Waals surface area contributed by atoms with Crippen molar-refractivity contribution >= 4 is 44.3 Å². The fourth-order valence-corrected chi connectivity index (χ4v) is 5.67. The molecule has 1 aliphatic heterocycles. The monoisotopic (exact) mass is 668 g/mol. The SMILES string of the molecule is C[C@@H](COc1ccc(-c2cn(CCCN)[n+](C)c2)c(F)c1)O/N=C(\C(=O)C[C@@H]1C(=O)N(OS(=O)(=O)O)C1(C)C)c1csc(N)n1. The molecule has 45 heavy (non-hydrogen) atoms. The number of anilines is 1. The summed E-state index contributed by atoms with van der Waals surface area (Å²) in [6.07, 6.45) is 3.37. The molecule has 1 fully saturated rings. The summed E-state index contributed by atoms with van der Waals surface area (Å²) in [5.41, 5.74) is 11.1. The van der Waals surface area contributed by atoms with Crippen LogP contribution in [0.1, 0.15) is 39.3 Å². The Labute approximate surface area is 263 Å². The van der Waals surface area contributed by atoms with E-state index < -0.39 is 45.5 Å². The molecule has 5 N–H and O–H groups in total. The van der Waals surface area contributed by atoms with Crippen LogP contribution in [-0.4, -0.2) is 69.9 Å². The van der Waals surface area contributed by atoms with Gasteiger partial charge in [0.1, 0.15) is 23.9 Å². The van der Waals surface area contributed by atoms with Gasteiger partial charge in [0.05, 0.1) is 29.8 Å². The van der Waals surface area contributed by atoms with Crippen LogP contribution in [0.25, 0.3) is 11.1 Å². The number of nitrogen functional groups attached to an aromatic ring is 1. The third-order valence-electron chi connectivity index (χ3n) is 7.13. The largest absolute Gasteiger partial charge is 0.490 e. The minimum Gasteiger partial charge on any atom is -0.490 e. The van der Waals surface area contributed by atoms with E-state index in [2.05, 4.69) is 14.4 Å². The second-order valence-corrected chi connectivity index (χ2v) is 12.8. The zero-order valence-corrected chi connectivity index (χ0v) is 26.7. The Morgan fingerprint density at radius 1 is 1.36 bits per heavy atom. The summed E-state index contributed by atoms with van der Waals surface area (Å²) in [7, 11) is -3.08. The van der Waals surface area contributed by atoms with Crippen LogP contribution in [0.3, 0.4) is 0 Å². The Bertz CT molecular complexity index is 1710. The third kappa shape index (κ3) is 8.01. The van der Waals surface area contributed by atoms with Gasteiger partial charge in [0.25, 0.3) is 5.91 Å². The van der Waals surface area contributed by atoms with E-state index in [1.807, 2.05) is 28.8 Å². The molecule has 0 radical (unpaired) electrons. The molecule has 1 aliphatic rings. The molecule has 0 aliphatic carbocycles. The van der Waals surface area contributed by atoms with Crippen LogP contribution in [0, 0.1) is 11.7 Å². The maximum atomic E-state index is 15.0. The average molecular weight is 669 g/mol. The van der Waals surface area contributed by atoms with Crippen molar-refractivity contribution in [3.63, 3.8) is 0 Å². The van der Waals surface area contributed by atoms with E-state index in [-0.39, 0.29) is 35.3 Å². The molecule has 3 aromatic rings. The fourth-order valence-electron chi connectivity index (χ4n) is 4.67. The summed E-state index contributed by atoms with van der Waals surface area (Å²) in [5, 5.41) is 6.13. The molecule has 15 nitrogen and oxygen atoms in total. The Morgan fingerprint density at radius 3 is 2.69 bits per heavy atom. The number of nitrogens with zero attached hydrogens (tertiary/aromatic N) is 5. The minimum atomic E-state index is -4.95. The van der Waals surface area contributed by atoms with E-state index in [1.165, 1.54) is 25.3 Å². The van der Waals surface area contributed by atoms with Gasteiger partial charge in [-0.3, -0.25) is 14.1 Å². The summed E-state index contributed by atoms with van der Waals surface area (Å²) in [6.45, 7) is 5.78. The first kappa shape index (κ1) is 33.9. The number of hydrogen-bond acceptors (Lipinski definition) is 12. The van der Waals surface area contributed by atoms with Crippen molar-refractivity contribution in [1.82, 2.24) is 14.7 Å². The number of Topliss-reactive ketones (excluding diaryl/α,β-unsaturated/α-hetero) is 1. The number of β-lactam (4-membered cyclic amide) rings is 1. The first-order valence-corrected chi connectivity index (χ1v) is 16.0. The summed E-state index contributed by atoms with van der Waals surface area (Å²) in [6, 6.07) is 4.51. The van der Waals surface area contributed by atoms with E-state index >= 15 is 4.39 Å². The molecule has 1 saturated heterocycles. The molecule has 1 aromatic carbocycles. The van der Waals surface area contributed by atoms with Crippen LogP contribution in [0.15, 0.2) is 41.1 Å². The topological polar surface area (TPSA) is 206 Å². The van der Waals surface area contributed by atoms with Gasteiger partial charge in [-0.25, -0.2) is 9.37 Å². The normalized spacial score (nSPS) is 17.2. The molecule has 2 atom stereocenters. The number of thiazole rings is 1. The number of benzene rings is 1. The number of halogens is 1. The molecule has 4 rings (SSSR count). The van der Waals surface area contributed by atoms with Gasteiger partial charge in [0.15, 0.2) is 29.8 Å². The highest BCUT2D eigenvalue weighted by atomic mass is 32.3. The lowest BCUT2D eigenvalue weighted by Crippen LogP contribution is -2.68. The van der Waals surface area contributed by atoms with Gasteiger partial charge < -0.3 is 21.0 Å². The van der Waals surface area contributed by atoms with Gasteiger partial charge in [0.2, 0.25) is 6.20 Å². The lowest BCUT2D eigenvalue weighted by molar-refractivity contribution is -0.753. The van der Waals surface area contributed by atoms with E-state index in [9.17, 15) is 18.0 Å². The van der Waals surface area contributed by atoms with Crippen LogP contribution in [0.4, 0.5) is 9.52 Å². The number of oxime groups is 1. The smallest absolute Gasteiger partial charge is 0.418 e. The summed E-state index contributed by atoms with van der Waals surface area (Å²) in [5.74, 6) is -2.65. The van der Waals surface area contributed by atoms with Gasteiger partial charge >= 0.3 is 10.4 Å². The number of nitrogens with two attached hydrogens (primary N) is 2. The Balaban J connectivity index is 1.41. The van der Waals surface area contributed by atoms with Crippen molar-refractivity contribution < 1.29 is 45.5 Å². The maximum Gasteiger partial charge on any atom is 0.418 e. The number of hydrogen-bond donors (Lipinski definition) is 3. The van der Waals surface area contributed by atoms with Crippen LogP contribution < -0.4 is 20.9 Å². The predicted molar refractivity (Wildman–Crippen MR) is 160 cm³/mol. The summed E-state index contributed by atoms with van der Waals surface area (Å²) < 4.78 is 60.0. The lowest BCUT2D eigenvalue weighted by atomic mass is 9.74. The zero-order chi connectivity index (χ0) is 33.1. The van der Waals surface area contributed by atoms with Crippen molar-refractivity contribution in [2.75, 3.05) is 18.9 Å². The standard InChI is InChI=1S/C27H34FN7O8S2/c1-16(14-41-18-6-7-19(21(28)10-18)17-12-33(4)34(13-17)9-5-8-29)42-32-24(22-15-44-26(30)31-22)23(36)11-20-25(37)35(27(20,2)3)43-45(38,39)40/h6-7,10,12-13,15-16,20H,5,8-9,11,14,29H2,1-4H3,(H2-,30,31,38,39,40)/p+1/b32-24-/t16-,20+/m0/s1. The Hall–Kier alpha value is -3.97. The van der Waals surface area contributed by atoms with Gasteiger partial charge in [-0.15, -0.1) is 20.3 Å². The summed E-state index contributed by atoms with van der Waals surface area (Å²) >= 11 is 1.06. The first-order valence-electron chi connectivity index (χ1n) is 13.8. The maximum absolute atomic E-state index is 15.0. The molecule has 0 bridgehead atoms. The Morgan fingerprint density at radius 2 is 2.09 bits per heavy atom. The number of hydroxylamine groups is 2. The van der Waals surface area contributed by atoms with Crippen LogP contribution in [-0.2, 0) is 42.7 Å². The molecule has 244 valence electrons. The van der Waals surface area contributed by atoms with Gasteiger partial charge in [-0.05, 0) is 45.9 Å². The highest BCUT2D eigenvalue weighted by Gasteiger charge is 2.57. The fraction of sp³-hybridized carbons (Fsp3) is 0.444. The lowest BCUT2D eigenvalue weighted by Gasteiger charge is -2.50. The number of ketones is 1. The number of rotatable bonds is 15. The molecular weight excluding hydrogens is 633 g/mol. The first-order chi connectivity index (χ1) is 21.1. The minimum absolute atomic E-state index is 0.0521. The molecule has 18 heteroatoms. The van der Waals surface area contributed by atoms with Crippen LogP contribution in [0.2, 0.25) is 0 Å². The number of ether oxygens (including phenoxy) is 1. The number of aryl methyl sites for hydroxylation is 2. The Kier molecular flexibility index (Phi) is 10.2. The highest BCUT2D eigenvalue weighted by molar-refractivity contribution is 7.80. The van der Waals surface area contributed by atoms with Crippen LogP contribution in [0.5, 0.6) is 5.75 Å². The molecule has 0 unspecified atom stereocenters. The van der Waals surface area contributed by atoms with Gasteiger partial charge in [0, 0.05) is 23.4 Å². The van der Waals surface area contributed by atoms with Gasteiger partial charge in [-0.1, -0.05) is 5.16 Å². The van der Waals surface area contributed by atoms with Gasteiger partial charge in [-0.2, -0.15) is 18.2 Å². The van der Waals surface area contributed by atoms with Crippen molar-refractivity contribution in [2.24, 2.45) is 23.9 Å². The second-order valence-electron chi connectivity index (χ2n) is 10.9. The van der Waals surface area contributed by atoms with Crippen molar-refractivity contribution in [1.29, 1.82) is 0 Å². The second kappa shape index (κ2) is 13.6. The van der Waals surface area contributed by atoms with Crippen molar-refractivity contribution in [2.45, 2.75) is 51.8 Å². The molecule has 0 spiro atoms. The molecule has 3 heterocycles. The molecule has 1 amide bonds. The zero-order valence-electron chi connectivity index (χ0n) is 25.0. The number of carbonyl (C=O) groups is 2. The number of aromatic nitrogens is 3. The number of amides is 1. The quantitative estimate of drug-likeness (QED) is 0.0698. The van der Waals surface area contributed by atoms with Crippen molar-refractivity contribution in [3.8, 4) is 16.9 Å². The molecule has 2 aromatic heterocycles. The summed E-state index contributed by atoms with van der Waals surface area (Å²) in [4.78, 5) is 35.4. The predicted octanol–water partition coefficient (Wildman–Crippen LogP) is 1.63. The third-order valence-corrected chi connectivity index (χ3v) is 8.14. The van der Waals surface area contributed by atoms with Crippen molar-refractivity contribution in [3.05, 3.63) is 47.5 Å². The number of carbonyl (C=O) groups excluding carboxylic acids is 2. The van der Waals surface area contributed by atoms with E-state index in [0.29, 0.717) is 29.3 Å². The molecular formula is C27H35FN7O8S2+. The van der Waals surface area contributed by atoms with E-state index in [4.69, 9.17) is 25.6 Å². The average Bonchev–Trinajstić information content (AvgIpc) is 3.56. The molecule has 0 saturated carbocycles. The van der Waals surface area contributed by atoms with E-state index in [1.54, 1.807) is 19.1 Å². The highest BCUT2D eigenvalue weighted by Crippen LogP contribution is 2.40.